The molecule has 1 rings (SSSR count). The lowest BCUT2D eigenvalue weighted by atomic mass is 9.99. The van der Waals surface area contributed by atoms with Crippen molar-refractivity contribution in [3.8, 4) is 0 Å². The lowest BCUT2D eigenvalue weighted by molar-refractivity contribution is -0.134. The van der Waals surface area contributed by atoms with Gasteiger partial charge in [0.2, 0.25) is 5.91 Å². The monoisotopic (exact) mass is 325 g/mol. The highest BCUT2D eigenvalue weighted by atomic mass is 79.9. The third kappa shape index (κ3) is 3.95. The molecule has 1 amide bonds. The van der Waals surface area contributed by atoms with Crippen molar-refractivity contribution in [1.82, 2.24) is 4.90 Å². The van der Waals surface area contributed by atoms with Crippen LogP contribution in [0, 0.1) is 0 Å². The largest absolute Gasteiger partial charge is 0.339 e. The molecule has 2 atom stereocenters. The third-order valence-corrected chi connectivity index (χ3v) is 5.29. The van der Waals surface area contributed by atoms with Gasteiger partial charge in [-0.25, -0.2) is 8.42 Å². The Hall–Kier alpha value is -0.100. The molecule has 0 aromatic rings. The van der Waals surface area contributed by atoms with E-state index in [0.29, 0.717) is 6.54 Å². The standard InChI is InChI=1S/C11H20BrNO3S/c1-9(17(2,15)16)11(14)13-8-4-3-5-10(13)6-7-12/h9-10H,3-8H2,1-2H3. The van der Waals surface area contributed by atoms with E-state index in [1.54, 1.807) is 4.90 Å². The number of hydrogen-bond donors (Lipinski definition) is 0. The van der Waals surface area contributed by atoms with Crippen molar-refractivity contribution in [2.75, 3.05) is 18.1 Å². The van der Waals surface area contributed by atoms with E-state index >= 15 is 0 Å². The number of nitrogens with zero attached hydrogens (tertiary/aromatic N) is 1. The first-order valence-corrected chi connectivity index (χ1v) is 9.01. The van der Waals surface area contributed by atoms with E-state index in [4.69, 9.17) is 0 Å². The number of carbonyl (C=O) groups excluding carboxylic acids is 1. The number of halogens is 1. The zero-order chi connectivity index (χ0) is 13.1. The highest BCUT2D eigenvalue weighted by Crippen LogP contribution is 2.22. The fourth-order valence-corrected chi connectivity index (χ4v) is 3.16. The minimum atomic E-state index is -3.29. The van der Waals surface area contributed by atoms with Gasteiger partial charge in [0.05, 0.1) is 0 Å². The van der Waals surface area contributed by atoms with Crippen LogP contribution >= 0.6 is 15.9 Å². The Morgan fingerprint density at radius 2 is 2.12 bits per heavy atom. The molecule has 4 nitrogen and oxygen atoms in total. The van der Waals surface area contributed by atoms with Gasteiger partial charge in [-0.05, 0) is 32.6 Å². The Morgan fingerprint density at radius 1 is 1.47 bits per heavy atom. The van der Waals surface area contributed by atoms with Gasteiger partial charge < -0.3 is 4.90 Å². The predicted molar refractivity (Wildman–Crippen MR) is 72.1 cm³/mol. The van der Waals surface area contributed by atoms with Gasteiger partial charge in [0, 0.05) is 24.2 Å². The first kappa shape index (κ1) is 15.0. The molecule has 0 aromatic carbocycles. The van der Waals surface area contributed by atoms with E-state index in [-0.39, 0.29) is 11.9 Å². The van der Waals surface area contributed by atoms with Crippen molar-refractivity contribution < 1.29 is 13.2 Å². The molecule has 6 heteroatoms. The zero-order valence-corrected chi connectivity index (χ0v) is 12.8. The molecule has 1 heterocycles. The van der Waals surface area contributed by atoms with Crippen molar-refractivity contribution in [2.45, 2.75) is 43.9 Å². The Kier molecular flexibility index (Phi) is 5.44. The number of rotatable bonds is 4. The minimum Gasteiger partial charge on any atom is -0.339 e. The summed E-state index contributed by atoms with van der Waals surface area (Å²) < 4.78 is 22.8. The van der Waals surface area contributed by atoms with Crippen LogP contribution in [0.3, 0.4) is 0 Å². The average molecular weight is 326 g/mol. The lowest BCUT2D eigenvalue weighted by Gasteiger charge is -2.36. The molecule has 0 bridgehead atoms. The minimum absolute atomic E-state index is 0.194. The van der Waals surface area contributed by atoms with Crippen LogP contribution in [0.15, 0.2) is 0 Å². The van der Waals surface area contributed by atoms with E-state index in [9.17, 15) is 13.2 Å². The second kappa shape index (κ2) is 6.18. The number of carbonyl (C=O) groups is 1. The highest BCUT2D eigenvalue weighted by molar-refractivity contribution is 9.09. The number of hydrogen-bond acceptors (Lipinski definition) is 3. The molecule has 0 aliphatic carbocycles. The zero-order valence-electron chi connectivity index (χ0n) is 10.4. The van der Waals surface area contributed by atoms with E-state index in [1.165, 1.54) is 6.92 Å². The van der Waals surface area contributed by atoms with E-state index in [0.717, 1.165) is 37.3 Å². The Labute approximate surface area is 112 Å². The van der Waals surface area contributed by atoms with Gasteiger partial charge in [-0.2, -0.15) is 0 Å². The van der Waals surface area contributed by atoms with Crippen LogP contribution in [0.4, 0.5) is 0 Å². The van der Waals surface area contributed by atoms with Gasteiger partial charge in [0.25, 0.3) is 0 Å². The summed E-state index contributed by atoms with van der Waals surface area (Å²) in [4.78, 5) is 13.9. The van der Waals surface area contributed by atoms with E-state index in [2.05, 4.69) is 15.9 Å². The first-order chi connectivity index (χ1) is 7.88. The third-order valence-electron chi connectivity index (χ3n) is 3.34. The van der Waals surface area contributed by atoms with Crippen molar-refractivity contribution in [3.05, 3.63) is 0 Å². The maximum absolute atomic E-state index is 12.2. The maximum Gasteiger partial charge on any atom is 0.240 e. The van der Waals surface area contributed by atoms with Crippen LogP contribution in [0.1, 0.15) is 32.6 Å². The molecular formula is C11H20BrNO3S. The van der Waals surface area contributed by atoms with Gasteiger partial charge in [-0.15, -0.1) is 0 Å². The van der Waals surface area contributed by atoms with Crippen molar-refractivity contribution in [2.24, 2.45) is 0 Å². The molecule has 0 radical (unpaired) electrons. The number of sulfone groups is 1. The lowest BCUT2D eigenvalue weighted by Crippen LogP contribution is -2.49. The second-order valence-electron chi connectivity index (χ2n) is 4.63. The van der Waals surface area contributed by atoms with Gasteiger partial charge in [0.1, 0.15) is 5.25 Å². The molecule has 100 valence electrons. The summed E-state index contributed by atoms with van der Waals surface area (Å²) in [6.07, 6.45) is 5.09. The maximum atomic E-state index is 12.2. The predicted octanol–water partition coefficient (Wildman–Crippen LogP) is 1.59. The van der Waals surface area contributed by atoms with Crippen LogP contribution in [0.2, 0.25) is 0 Å². The Balaban J connectivity index is 2.78. The van der Waals surface area contributed by atoms with Crippen LogP contribution in [-0.4, -0.2) is 48.6 Å². The number of likely N-dealkylation sites (tertiary alicyclic amines) is 1. The molecule has 0 saturated carbocycles. The smallest absolute Gasteiger partial charge is 0.240 e. The van der Waals surface area contributed by atoms with Crippen LogP contribution in [0.5, 0.6) is 0 Å². The molecule has 1 aliphatic heterocycles. The fraction of sp³-hybridized carbons (Fsp3) is 0.909. The highest BCUT2D eigenvalue weighted by Gasteiger charge is 2.33. The molecule has 0 aromatic heterocycles. The molecule has 2 unspecified atom stereocenters. The Bertz CT molecular complexity index is 367. The van der Waals surface area contributed by atoms with Gasteiger partial charge in [-0.1, -0.05) is 15.9 Å². The molecular weight excluding hydrogens is 306 g/mol. The number of piperidine rings is 1. The summed E-state index contributed by atoms with van der Waals surface area (Å²) in [7, 11) is -3.29. The Morgan fingerprint density at radius 3 is 2.65 bits per heavy atom. The topological polar surface area (TPSA) is 54.5 Å². The summed E-state index contributed by atoms with van der Waals surface area (Å²) in [5.41, 5.74) is 0. The molecule has 0 spiro atoms. The quantitative estimate of drug-likeness (QED) is 0.737. The first-order valence-electron chi connectivity index (χ1n) is 5.93. The van der Waals surface area contributed by atoms with Crippen molar-refractivity contribution in [3.63, 3.8) is 0 Å². The fourth-order valence-electron chi connectivity index (χ4n) is 2.13. The van der Waals surface area contributed by atoms with Crippen LogP contribution < -0.4 is 0 Å². The molecule has 17 heavy (non-hydrogen) atoms. The average Bonchev–Trinajstić information content (AvgIpc) is 2.27. The van der Waals surface area contributed by atoms with Crippen molar-refractivity contribution >= 4 is 31.7 Å². The molecule has 0 N–H and O–H groups in total. The van der Waals surface area contributed by atoms with Crippen LogP contribution in [-0.2, 0) is 14.6 Å². The molecule has 1 aliphatic rings. The summed E-state index contributed by atoms with van der Waals surface area (Å²) in [5, 5.41) is -0.0762. The summed E-state index contributed by atoms with van der Waals surface area (Å²) in [6.45, 7) is 2.17. The second-order valence-corrected chi connectivity index (χ2v) is 7.79. The number of amides is 1. The molecule has 1 saturated heterocycles. The van der Waals surface area contributed by atoms with Crippen molar-refractivity contribution in [1.29, 1.82) is 0 Å². The SMILES string of the molecule is CC(C(=O)N1CCCCC1CCBr)S(C)(=O)=O. The normalized spacial score (nSPS) is 23.5. The van der Waals surface area contributed by atoms with E-state index in [1.807, 2.05) is 0 Å². The summed E-state index contributed by atoms with van der Waals surface area (Å²) in [5.74, 6) is -0.238. The van der Waals surface area contributed by atoms with Crippen LogP contribution in [0.25, 0.3) is 0 Å². The van der Waals surface area contributed by atoms with Gasteiger partial charge in [0.15, 0.2) is 9.84 Å². The summed E-state index contributed by atoms with van der Waals surface area (Å²) in [6, 6.07) is 0.194. The van der Waals surface area contributed by atoms with E-state index < -0.39 is 15.1 Å². The summed E-state index contributed by atoms with van der Waals surface area (Å²) >= 11 is 3.38. The molecule has 1 fully saturated rings. The van der Waals surface area contributed by atoms with Gasteiger partial charge >= 0.3 is 0 Å². The number of alkyl halides is 1. The van der Waals surface area contributed by atoms with Gasteiger partial charge in [-0.3, -0.25) is 4.79 Å².